The summed E-state index contributed by atoms with van der Waals surface area (Å²) in [6.45, 7) is 2.29. The Morgan fingerprint density at radius 3 is 2.33 bits per heavy atom. The lowest BCUT2D eigenvalue weighted by Crippen LogP contribution is -2.30. The van der Waals surface area contributed by atoms with Crippen LogP contribution in [0, 0.1) is 5.92 Å². The van der Waals surface area contributed by atoms with E-state index in [0.29, 0.717) is 0 Å². The predicted octanol–water partition coefficient (Wildman–Crippen LogP) is 2.95. The smallest absolute Gasteiger partial charge is 0.00642 e. The second-order valence-corrected chi connectivity index (χ2v) is 4.15. The minimum absolute atomic E-state index is 0.822. The van der Waals surface area contributed by atoms with Gasteiger partial charge in [-0.05, 0) is 38.6 Å². The van der Waals surface area contributed by atoms with E-state index in [9.17, 15) is 0 Å². The van der Waals surface area contributed by atoms with Crippen LogP contribution in [-0.2, 0) is 0 Å². The molecular weight excluding hydrogens is 146 g/mol. The van der Waals surface area contributed by atoms with E-state index in [1.165, 1.54) is 44.9 Å². The topological polar surface area (TPSA) is 12.0 Å². The summed E-state index contributed by atoms with van der Waals surface area (Å²) in [5.74, 6) is 1.05. The minimum atomic E-state index is 0.822. The molecule has 0 aromatic heterocycles. The van der Waals surface area contributed by atoms with Gasteiger partial charge >= 0.3 is 0 Å². The standard InChI is InChI=1S/C11H23N/c1-3-4-5-10-6-8-11(12-2)9-7-10/h10-12H,3-9H2,1-2H3. The van der Waals surface area contributed by atoms with Crippen molar-refractivity contribution in [3.8, 4) is 0 Å². The van der Waals surface area contributed by atoms with Crippen molar-refractivity contribution in [2.24, 2.45) is 5.92 Å². The van der Waals surface area contributed by atoms with E-state index >= 15 is 0 Å². The van der Waals surface area contributed by atoms with Gasteiger partial charge in [0.2, 0.25) is 0 Å². The Hall–Kier alpha value is -0.0400. The lowest BCUT2D eigenvalue weighted by Gasteiger charge is -2.28. The fourth-order valence-electron chi connectivity index (χ4n) is 2.23. The van der Waals surface area contributed by atoms with Gasteiger partial charge in [0.15, 0.2) is 0 Å². The highest BCUT2D eigenvalue weighted by Crippen LogP contribution is 2.27. The van der Waals surface area contributed by atoms with Gasteiger partial charge in [0, 0.05) is 6.04 Å². The second kappa shape index (κ2) is 5.58. The van der Waals surface area contributed by atoms with Crippen LogP contribution in [0.2, 0.25) is 0 Å². The Kier molecular flexibility index (Phi) is 4.67. The molecule has 0 unspecified atom stereocenters. The summed E-state index contributed by atoms with van der Waals surface area (Å²) in [5, 5.41) is 3.38. The van der Waals surface area contributed by atoms with Crippen LogP contribution in [0.15, 0.2) is 0 Å². The largest absolute Gasteiger partial charge is 0.317 e. The number of hydrogen-bond acceptors (Lipinski definition) is 1. The van der Waals surface area contributed by atoms with Crippen LogP contribution in [0.25, 0.3) is 0 Å². The summed E-state index contributed by atoms with van der Waals surface area (Å²) in [5.41, 5.74) is 0. The molecule has 0 aliphatic heterocycles. The van der Waals surface area contributed by atoms with Crippen molar-refractivity contribution in [2.45, 2.75) is 57.9 Å². The van der Waals surface area contributed by atoms with Crippen LogP contribution in [0.1, 0.15) is 51.9 Å². The van der Waals surface area contributed by atoms with Gasteiger partial charge in [-0.15, -0.1) is 0 Å². The summed E-state index contributed by atoms with van der Waals surface area (Å²) in [6, 6.07) is 0.822. The van der Waals surface area contributed by atoms with E-state index in [1.54, 1.807) is 0 Å². The van der Waals surface area contributed by atoms with Crippen molar-refractivity contribution in [2.75, 3.05) is 7.05 Å². The first-order valence-corrected chi connectivity index (χ1v) is 5.54. The summed E-state index contributed by atoms with van der Waals surface area (Å²) in [6.07, 6.45) is 10.0. The first-order chi connectivity index (χ1) is 5.86. The molecule has 0 radical (unpaired) electrons. The molecule has 1 aliphatic carbocycles. The Morgan fingerprint density at radius 1 is 1.17 bits per heavy atom. The summed E-state index contributed by atoms with van der Waals surface area (Å²) < 4.78 is 0. The molecule has 0 heterocycles. The Morgan fingerprint density at radius 2 is 1.83 bits per heavy atom. The fraction of sp³-hybridized carbons (Fsp3) is 1.00. The maximum absolute atomic E-state index is 3.38. The molecule has 1 nitrogen and oxygen atoms in total. The molecule has 12 heavy (non-hydrogen) atoms. The normalized spacial score (nSPS) is 30.5. The molecule has 1 rings (SSSR count). The van der Waals surface area contributed by atoms with Crippen molar-refractivity contribution in [1.82, 2.24) is 5.32 Å². The van der Waals surface area contributed by atoms with Gasteiger partial charge < -0.3 is 5.32 Å². The van der Waals surface area contributed by atoms with Crippen LogP contribution < -0.4 is 5.32 Å². The third-order valence-electron chi connectivity index (χ3n) is 3.22. The van der Waals surface area contributed by atoms with Gasteiger partial charge in [-0.1, -0.05) is 26.2 Å². The highest BCUT2D eigenvalue weighted by atomic mass is 14.9. The number of nitrogens with one attached hydrogen (secondary N) is 1. The third kappa shape index (κ3) is 3.14. The van der Waals surface area contributed by atoms with Crippen molar-refractivity contribution in [3.63, 3.8) is 0 Å². The van der Waals surface area contributed by atoms with Crippen molar-refractivity contribution in [3.05, 3.63) is 0 Å². The van der Waals surface area contributed by atoms with Gasteiger partial charge in [0.1, 0.15) is 0 Å². The highest BCUT2D eigenvalue weighted by Gasteiger charge is 2.18. The van der Waals surface area contributed by atoms with Crippen LogP contribution >= 0.6 is 0 Å². The zero-order valence-corrected chi connectivity index (χ0v) is 8.60. The predicted molar refractivity (Wildman–Crippen MR) is 54.3 cm³/mol. The van der Waals surface area contributed by atoms with Crippen molar-refractivity contribution < 1.29 is 0 Å². The molecule has 0 saturated heterocycles. The Balaban J connectivity index is 2.09. The van der Waals surface area contributed by atoms with E-state index in [1.807, 2.05) is 0 Å². The van der Waals surface area contributed by atoms with Gasteiger partial charge in [-0.25, -0.2) is 0 Å². The maximum Gasteiger partial charge on any atom is 0.00642 e. The molecular formula is C11H23N. The lowest BCUT2D eigenvalue weighted by atomic mass is 9.83. The SMILES string of the molecule is CCCCC1CCC(NC)CC1. The zero-order valence-electron chi connectivity index (χ0n) is 8.60. The van der Waals surface area contributed by atoms with Crippen LogP contribution in [0.3, 0.4) is 0 Å². The van der Waals surface area contributed by atoms with Crippen molar-refractivity contribution in [1.29, 1.82) is 0 Å². The van der Waals surface area contributed by atoms with Gasteiger partial charge in [-0.3, -0.25) is 0 Å². The average molecular weight is 169 g/mol. The molecule has 0 atom stereocenters. The molecule has 0 bridgehead atoms. The third-order valence-corrected chi connectivity index (χ3v) is 3.22. The Labute approximate surface area is 76.9 Å². The van der Waals surface area contributed by atoms with E-state index < -0.39 is 0 Å². The molecule has 1 saturated carbocycles. The molecule has 72 valence electrons. The minimum Gasteiger partial charge on any atom is -0.317 e. The van der Waals surface area contributed by atoms with Crippen LogP contribution in [0.4, 0.5) is 0 Å². The molecule has 1 heteroatoms. The molecule has 0 aromatic carbocycles. The maximum atomic E-state index is 3.38. The van der Waals surface area contributed by atoms with E-state index in [-0.39, 0.29) is 0 Å². The van der Waals surface area contributed by atoms with E-state index in [4.69, 9.17) is 0 Å². The van der Waals surface area contributed by atoms with Gasteiger partial charge in [0.25, 0.3) is 0 Å². The number of hydrogen-bond donors (Lipinski definition) is 1. The first-order valence-electron chi connectivity index (χ1n) is 5.54. The molecule has 1 N–H and O–H groups in total. The molecule has 0 aromatic rings. The lowest BCUT2D eigenvalue weighted by molar-refractivity contribution is 0.284. The monoisotopic (exact) mass is 169 g/mol. The van der Waals surface area contributed by atoms with Gasteiger partial charge in [-0.2, -0.15) is 0 Å². The molecule has 0 amide bonds. The first kappa shape index (κ1) is 10.0. The molecule has 0 spiro atoms. The van der Waals surface area contributed by atoms with Crippen LogP contribution in [-0.4, -0.2) is 13.1 Å². The van der Waals surface area contributed by atoms with E-state index in [2.05, 4.69) is 19.3 Å². The fourth-order valence-corrected chi connectivity index (χ4v) is 2.23. The van der Waals surface area contributed by atoms with E-state index in [0.717, 1.165) is 12.0 Å². The number of unbranched alkanes of at least 4 members (excludes halogenated alkanes) is 1. The van der Waals surface area contributed by atoms with Crippen molar-refractivity contribution >= 4 is 0 Å². The van der Waals surface area contributed by atoms with Gasteiger partial charge in [0.05, 0.1) is 0 Å². The average Bonchev–Trinajstić information content (AvgIpc) is 2.15. The Bertz CT molecular complexity index is 104. The zero-order chi connectivity index (χ0) is 8.81. The summed E-state index contributed by atoms with van der Waals surface area (Å²) >= 11 is 0. The molecule has 1 aliphatic rings. The number of rotatable bonds is 4. The summed E-state index contributed by atoms with van der Waals surface area (Å²) in [7, 11) is 2.09. The van der Waals surface area contributed by atoms with Crippen LogP contribution in [0.5, 0.6) is 0 Å². The summed E-state index contributed by atoms with van der Waals surface area (Å²) in [4.78, 5) is 0. The second-order valence-electron chi connectivity index (χ2n) is 4.15. The quantitative estimate of drug-likeness (QED) is 0.682. The molecule has 1 fully saturated rings. The highest BCUT2D eigenvalue weighted by molar-refractivity contribution is 4.75.